The van der Waals surface area contributed by atoms with Gasteiger partial charge in [-0.15, -0.1) is 17.9 Å². The van der Waals surface area contributed by atoms with Crippen LogP contribution in [0.25, 0.3) is 0 Å². The molecule has 3 nitrogen and oxygen atoms in total. The first-order chi connectivity index (χ1) is 7.77. The molecule has 0 saturated carbocycles. The Morgan fingerprint density at radius 3 is 3.06 bits per heavy atom. The average Bonchev–Trinajstić information content (AvgIpc) is 2.79. The molecular weight excluding hydrogens is 220 g/mol. The summed E-state index contributed by atoms with van der Waals surface area (Å²) in [4.78, 5) is 3.48. The molecule has 0 saturated heterocycles. The smallest absolute Gasteiger partial charge is 0.0589 e. The molecule has 16 heavy (non-hydrogen) atoms. The fraction of sp³-hybridized carbons (Fsp3) is 0.500. The number of nitrogens with two attached hydrogens (primary N) is 1. The third-order valence-electron chi connectivity index (χ3n) is 2.36. The third kappa shape index (κ3) is 4.45. The molecule has 90 valence electrons. The molecule has 1 atom stereocenters. The van der Waals surface area contributed by atoms with Crippen LogP contribution < -0.4 is 5.73 Å². The molecule has 0 aliphatic rings. The van der Waals surface area contributed by atoms with Crippen LogP contribution in [0.5, 0.6) is 0 Å². The van der Waals surface area contributed by atoms with Crippen LogP contribution >= 0.6 is 11.3 Å². The van der Waals surface area contributed by atoms with E-state index in [1.165, 1.54) is 4.88 Å². The van der Waals surface area contributed by atoms with E-state index in [1.54, 1.807) is 18.4 Å². The van der Waals surface area contributed by atoms with Gasteiger partial charge < -0.3 is 10.5 Å². The number of ether oxygens (including phenoxy) is 1. The Bertz CT molecular complexity index is 287. The summed E-state index contributed by atoms with van der Waals surface area (Å²) in [6, 6.07) is 4.20. The quantitative estimate of drug-likeness (QED) is 0.705. The maximum absolute atomic E-state index is 6.14. The van der Waals surface area contributed by atoms with Crippen molar-refractivity contribution in [2.45, 2.75) is 6.04 Å². The first-order valence-electron chi connectivity index (χ1n) is 5.39. The minimum Gasteiger partial charge on any atom is -0.383 e. The van der Waals surface area contributed by atoms with Crippen LogP contribution in [-0.2, 0) is 4.74 Å². The highest BCUT2D eigenvalue weighted by Crippen LogP contribution is 2.17. The first kappa shape index (κ1) is 13.4. The molecule has 0 bridgehead atoms. The summed E-state index contributed by atoms with van der Waals surface area (Å²) in [6.07, 6.45) is 1.90. The standard InChI is InChI=1S/C12H20N2OS/c1-3-6-14(7-8-15-2)10-11(13)12-5-4-9-16-12/h3-5,9,11H,1,6-8,10,13H2,2H3. The molecule has 2 N–H and O–H groups in total. The fourth-order valence-electron chi connectivity index (χ4n) is 1.53. The van der Waals surface area contributed by atoms with Crippen LogP contribution in [-0.4, -0.2) is 38.3 Å². The van der Waals surface area contributed by atoms with Gasteiger partial charge in [-0.1, -0.05) is 12.1 Å². The van der Waals surface area contributed by atoms with E-state index in [2.05, 4.69) is 22.9 Å². The monoisotopic (exact) mass is 240 g/mol. The highest BCUT2D eigenvalue weighted by Gasteiger charge is 2.11. The normalized spacial score (nSPS) is 12.9. The predicted molar refractivity (Wildman–Crippen MR) is 69.8 cm³/mol. The highest BCUT2D eigenvalue weighted by molar-refractivity contribution is 7.10. The molecule has 1 rings (SSSR count). The topological polar surface area (TPSA) is 38.5 Å². The Balaban J connectivity index is 2.43. The van der Waals surface area contributed by atoms with Crippen molar-refractivity contribution in [3.8, 4) is 0 Å². The largest absolute Gasteiger partial charge is 0.383 e. The molecule has 1 aromatic rings. The van der Waals surface area contributed by atoms with Crippen molar-refractivity contribution < 1.29 is 4.74 Å². The van der Waals surface area contributed by atoms with Gasteiger partial charge in [-0.25, -0.2) is 0 Å². The summed E-state index contributed by atoms with van der Waals surface area (Å²) in [6.45, 7) is 7.07. The fourth-order valence-corrected chi connectivity index (χ4v) is 2.25. The summed E-state index contributed by atoms with van der Waals surface area (Å²) >= 11 is 1.71. The van der Waals surface area contributed by atoms with Crippen LogP contribution in [0, 0.1) is 0 Å². The van der Waals surface area contributed by atoms with Crippen molar-refractivity contribution in [2.24, 2.45) is 5.73 Å². The van der Waals surface area contributed by atoms with Crippen molar-refractivity contribution in [2.75, 3.05) is 33.4 Å². The maximum atomic E-state index is 6.14. The zero-order valence-corrected chi connectivity index (χ0v) is 10.6. The van der Waals surface area contributed by atoms with Gasteiger partial charge in [-0.2, -0.15) is 0 Å². The summed E-state index contributed by atoms with van der Waals surface area (Å²) in [5.74, 6) is 0. The van der Waals surface area contributed by atoms with Crippen LogP contribution in [0.1, 0.15) is 10.9 Å². The number of thiophene rings is 1. The number of hydrogen-bond donors (Lipinski definition) is 1. The Morgan fingerprint density at radius 1 is 1.69 bits per heavy atom. The second-order valence-electron chi connectivity index (χ2n) is 3.66. The molecule has 0 fully saturated rings. The van der Waals surface area contributed by atoms with E-state index in [0.717, 1.165) is 26.2 Å². The molecular formula is C12H20N2OS. The van der Waals surface area contributed by atoms with Crippen LogP contribution in [0.4, 0.5) is 0 Å². The first-order valence-corrected chi connectivity index (χ1v) is 6.27. The molecule has 1 heterocycles. The maximum Gasteiger partial charge on any atom is 0.0589 e. The molecule has 0 spiro atoms. The van der Waals surface area contributed by atoms with Gasteiger partial charge in [-0.05, 0) is 11.4 Å². The molecule has 4 heteroatoms. The minimum atomic E-state index is 0.0804. The van der Waals surface area contributed by atoms with Crippen molar-refractivity contribution in [1.29, 1.82) is 0 Å². The lowest BCUT2D eigenvalue weighted by Crippen LogP contribution is -2.34. The molecule has 0 aliphatic heterocycles. The summed E-state index contributed by atoms with van der Waals surface area (Å²) in [7, 11) is 1.71. The Labute approximate surface area is 102 Å². The van der Waals surface area contributed by atoms with Gasteiger partial charge in [0.15, 0.2) is 0 Å². The molecule has 0 radical (unpaired) electrons. The molecule has 0 aliphatic carbocycles. The Hall–Kier alpha value is -0.680. The third-order valence-corrected chi connectivity index (χ3v) is 3.37. The van der Waals surface area contributed by atoms with Crippen LogP contribution in [0.15, 0.2) is 30.2 Å². The van der Waals surface area contributed by atoms with Crippen LogP contribution in [0.3, 0.4) is 0 Å². The summed E-state index contributed by atoms with van der Waals surface area (Å²) < 4.78 is 5.08. The molecule has 0 amide bonds. The van der Waals surface area contributed by atoms with E-state index in [9.17, 15) is 0 Å². The zero-order valence-electron chi connectivity index (χ0n) is 9.76. The second-order valence-corrected chi connectivity index (χ2v) is 4.64. The van der Waals surface area contributed by atoms with Gasteiger partial charge >= 0.3 is 0 Å². The van der Waals surface area contributed by atoms with E-state index in [4.69, 9.17) is 10.5 Å². The minimum absolute atomic E-state index is 0.0804. The van der Waals surface area contributed by atoms with Gasteiger partial charge in [0.1, 0.15) is 0 Å². The van der Waals surface area contributed by atoms with E-state index < -0.39 is 0 Å². The van der Waals surface area contributed by atoms with Gasteiger partial charge in [0.25, 0.3) is 0 Å². The number of methoxy groups -OCH3 is 1. The lowest BCUT2D eigenvalue weighted by atomic mass is 10.2. The Morgan fingerprint density at radius 2 is 2.50 bits per heavy atom. The zero-order chi connectivity index (χ0) is 11.8. The SMILES string of the molecule is C=CCN(CCOC)CC(N)c1cccs1. The number of hydrogen-bond acceptors (Lipinski definition) is 4. The van der Waals surface area contributed by atoms with Crippen molar-refractivity contribution in [1.82, 2.24) is 4.90 Å². The van der Waals surface area contributed by atoms with Crippen molar-refractivity contribution in [3.63, 3.8) is 0 Å². The van der Waals surface area contributed by atoms with Gasteiger partial charge in [0.05, 0.1) is 12.6 Å². The summed E-state index contributed by atoms with van der Waals surface area (Å²) in [5, 5.41) is 2.06. The highest BCUT2D eigenvalue weighted by atomic mass is 32.1. The number of rotatable bonds is 8. The molecule has 0 aromatic carbocycles. The Kier molecular flexibility index (Phi) is 6.33. The number of nitrogens with zero attached hydrogens (tertiary/aromatic N) is 1. The average molecular weight is 240 g/mol. The van der Waals surface area contributed by atoms with Crippen molar-refractivity contribution in [3.05, 3.63) is 35.0 Å². The van der Waals surface area contributed by atoms with Crippen molar-refractivity contribution >= 4 is 11.3 Å². The van der Waals surface area contributed by atoms with E-state index in [-0.39, 0.29) is 6.04 Å². The van der Waals surface area contributed by atoms with Gasteiger partial charge in [-0.3, -0.25) is 4.90 Å². The van der Waals surface area contributed by atoms with E-state index in [1.807, 2.05) is 12.1 Å². The van der Waals surface area contributed by atoms with Gasteiger partial charge in [0.2, 0.25) is 0 Å². The second kappa shape index (κ2) is 7.57. The van der Waals surface area contributed by atoms with E-state index >= 15 is 0 Å². The van der Waals surface area contributed by atoms with Gasteiger partial charge in [0, 0.05) is 31.6 Å². The lowest BCUT2D eigenvalue weighted by Gasteiger charge is -2.23. The van der Waals surface area contributed by atoms with E-state index in [0.29, 0.717) is 0 Å². The predicted octanol–water partition coefficient (Wildman–Crippen LogP) is 1.88. The molecule has 1 unspecified atom stereocenters. The van der Waals surface area contributed by atoms with Crippen LogP contribution in [0.2, 0.25) is 0 Å². The summed E-state index contributed by atoms with van der Waals surface area (Å²) in [5.41, 5.74) is 6.14. The molecule has 1 aromatic heterocycles. The lowest BCUT2D eigenvalue weighted by molar-refractivity contribution is 0.151.